The molecule has 0 saturated heterocycles. The van der Waals surface area contributed by atoms with Gasteiger partial charge in [0.15, 0.2) is 11.5 Å². The van der Waals surface area contributed by atoms with Gasteiger partial charge in [-0.05, 0) is 31.4 Å². The Labute approximate surface area is 380 Å². The molecule has 1 aromatic carbocycles. The number of nitrogens with one attached hydrogen (secondary N) is 1. The molecule has 61 heavy (non-hydrogen) atoms. The van der Waals surface area contributed by atoms with E-state index >= 15 is 0 Å². The highest BCUT2D eigenvalue weighted by Gasteiger charge is 2.19. The summed E-state index contributed by atoms with van der Waals surface area (Å²) in [5.74, 6) is 7.08. The molecule has 0 radical (unpaired) electrons. The lowest BCUT2D eigenvalue weighted by Crippen LogP contribution is -2.30. The number of rotatable bonds is 49. The highest BCUT2D eigenvalue weighted by molar-refractivity contribution is 5.95. The minimum Gasteiger partial charge on any atom is -0.490 e. The van der Waals surface area contributed by atoms with Crippen molar-refractivity contribution in [2.24, 2.45) is 5.84 Å². The molecular formula is C55H104N2O4. The van der Waals surface area contributed by atoms with Crippen molar-refractivity contribution in [3.05, 3.63) is 17.7 Å². The van der Waals surface area contributed by atoms with E-state index in [9.17, 15) is 4.79 Å². The van der Waals surface area contributed by atoms with Crippen LogP contribution in [0.3, 0.4) is 0 Å². The lowest BCUT2D eigenvalue weighted by molar-refractivity contribution is 0.0952. The molecule has 0 bridgehead atoms. The number of nitrogen functional groups attached to an aromatic ring is 1. The Morgan fingerprint density at radius 3 is 0.803 bits per heavy atom. The van der Waals surface area contributed by atoms with Gasteiger partial charge in [-0.15, -0.1) is 0 Å². The maximum Gasteiger partial charge on any atom is 0.265 e. The molecule has 3 N–H and O–H groups in total. The molecule has 1 rings (SSSR count). The summed E-state index contributed by atoms with van der Waals surface area (Å²) in [6.45, 7) is 8.68. The molecule has 0 fully saturated rings. The summed E-state index contributed by atoms with van der Waals surface area (Å²) in [6, 6.07) is 3.57. The lowest BCUT2D eigenvalue weighted by Gasteiger charge is -2.19. The minimum absolute atomic E-state index is 0.346. The van der Waals surface area contributed by atoms with Gasteiger partial charge in [-0.3, -0.25) is 10.2 Å². The first-order valence-electron chi connectivity index (χ1n) is 27.2. The topological polar surface area (TPSA) is 82.8 Å². The van der Waals surface area contributed by atoms with Crippen molar-refractivity contribution >= 4 is 5.91 Å². The monoisotopic (exact) mass is 857 g/mol. The zero-order chi connectivity index (χ0) is 43.9. The molecule has 0 aliphatic carbocycles. The SMILES string of the molecule is CCCCCCCCCCCCCCCCOc1cc(C(=O)NN)cc(OCCCCCCCCCCCCCCCC)c1OCCCCCCCCCCCCCCCC. The molecule has 0 atom stereocenters. The Morgan fingerprint density at radius 1 is 0.361 bits per heavy atom. The van der Waals surface area contributed by atoms with Crippen molar-refractivity contribution in [2.75, 3.05) is 19.8 Å². The Morgan fingerprint density at radius 2 is 0.574 bits per heavy atom. The van der Waals surface area contributed by atoms with E-state index in [2.05, 4.69) is 26.2 Å². The van der Waals surface area contributed by atoms with Crippen molar-refractivity contribution in [1.29, 1.82) is 0 Å². The van der Waals surface area contributed by atoms with Gasteiger partial charge in [0.25, 0.3) is 5.91 Å². The van der Waals surface area contributed by atoms with Crippen LogP contribution in [0.1, 0.15) is 301 Å². The van der Waals surface area contributed by atoms with Crippen LogP contribution in [-0.2, 0) is 0 Å². The first-order valence-corrected chi connectivity index (χ1v) is 27.2. The Hall–Kier alpha value is -1.95. The Kier molecular flexibility index (Phi) is 43.1. The summed E-state index contributed by atoms with van der Waals surface area (Å²) >= 11 is 0. The second-order valence-electron chi connectivity index (χ2n) is 18.6. The first-order chi connectivity index (χ1) is 30.2. The molecule has 1 aromatic rings. The predicted octanol–water partition coefficient (Wildman–Crippen LogP) is 17.9. The molecule has 6 nitrogen and oxygen atoms in total. The number of amides is 1. The van der Waals surface area contributed by atoms with E-state index in [0.717, 1.165) is 38.5 Å². The molecule has 6 heteroatoms. The standard InChI is InChI=1S/C55H104N2O4/c1-4-7-10-13-16-19-22-25-28-31-34-37-40-43-46-59-52-49-51(55(58)57-56)50-53(60-47-44-41-38-35-32-29-26-23-20-17-14-11-8-5-2)54(52)61-48-45-42-39-36-33-30-27-24-21-18-15-12-9-6-3/h49-50H,4-48,56H2,1-3H3,(H,57,58). The summed E-state index contributed by atoms with van der Waals surface area (Å²) in [4.78, 5) is 12.8. The zero-order valence-corrected chi connectivity index (χ0v) is 41.2. The molecule has 0 spiro atoms. The summed E-state index contributed by atoms with van der Waals surface area (Å²) in [5.41, 5.74) is 2.75. The second-order valence-corrected chi connectivity index (χ2v) is 18.6. The van der Waals surface area contributed by atoms with Crippen LogP contribution in [0.15, 0.2) is 12.1 Å². The number of nitrogens with two attached hydrogens (primary N) is 1. The lowest BCUT2D eigenvalue weighted by atomic mass is 10.0. The molecule has 0 aliphatic rings. The van der Waals surface area contributed by atoms with E-state index in [1.165, 1.54) is 231 Å². The van der Waals surface area contributed by atoms with E-state index in [0.29, 0.717) is 42.6 Å². The fraction of sp³-hybridized carbons (Fsp3) is 0.873. The average molecular weight is 857 g/mol. The number of hydrogen-bond acceptors (Lipinski definition) is 5. The van der Waals surface area contributed by atoms with Crippen LogP contribution in [-0.4, -0.2) is 25.7 Å². The van der Waals surface area contributed by atoms with Crippen LogP contribution in [0.5, 0.6) is 17.2 Å². The molecule has 1 amide bonds. The normalized spacial score (nSPS) is 11.3. The fourth-order valence-corrected chi connectivity index (χ4v) is 8.58. The van der Waals surface area contributed by atoms with Crippen molar-refractivity contribution in [3.8, 4) is 17.2 Å². The van der Waals surface area contributed by atoms with Crippen LogP contribution < -0.4 is 25.5 Å². The number of benzene rings is 1. The van der Waals surface area contributed by atoms with E-state index in [1.54, 1.807) is 12.1 Å². The summed E-state index contributed by atoms with van der Waals surface area (Å²) in [6.07, 6.45) is 55.7. The third-order valence-corrected chi connectivity index (χ3v) is 12.7. The largest absolute Gasteiger partial charge is 0.490 e. The first kappa shape index (κ1) is 57.1. The minimum atomic E-state index is -0.346. The predicted molar refractivity (Wildman–Crippen MR) is 266 cm³/mol. The third-order valence-electron chi connectivity index (χ3n) is 12.7. The summed E-state index contributed by atoms with van der Waals surface area (Å²) in [7, 11) is 0. The number of carbonyl (C=O) groups is 1. The van der Waals surface area contributed by atoms with Crippen molar-refractivity contribution in [2.45, 2.75) is 290 Å². The van der Waals surface area contributed by atoms with Gasteiger partial charge in [-0.2, -0.15) is 0 Å². The van der Waals surface area contributed by atoms with E-state index in [-0.39, 0.29) is 5.91 Å². The quantitative estimate of drug-likeness (QED) is 0.0295. The van der Waals surface area contributed by atoms with Crippen molar-refractivity contribution in [3.63, 3.8) is 0 Å². The molecular weight excluding hydrogens is 753 g/mol. The van der Waals surface area contributed by atoms with Gasteiger partial charge in [0.05, 0.1) is 19.8 Å². The Balaban J connectivity index is 2.55. The van der Waals surface area contributed by atoms with Gasteiger partial charge in [0.2, 0.25) is 5.75 Å². The van der Waals surface area contributed by atoms with Gasteiger partial charge < -0.3 is 14.2 Å². The summed E-state index contributed by atoms with van der Waals surface area (Å²) in [5, 5.41) is 0. The smallest absolute Gasteiger partial charge is 0.265 e. The van der Waals surface area contributed by atoms with Gasteiger partial charge in [0, 0.05) is 5.56 Å². The number of carbonyl (C=O) groups excluding carboxylic acids is 1. The number of ether oxygens (including phenoxy) is 3. The number of hydrazine groups is 1. The summed E-state index contributed by atoms with van der Waals surface area (Å²) < 4.78 is 19.3. The van der Waals surface area contributed by atoms with Gasteiger partial charge in [-0.25, -0.2) is 5.84 Å². The third kappa shape index (κ3) is 36.1. The number of unbranched alkanes of at least 4 members (excludes halogenated alkanes) is 39. The molecule has 0 aromatic heterocycles. The van der Waals surface area contributed by atoms with Crippen LogP contribution in [0.25, 0.3) is 0 Å². The van der Waals surface area contributed by atoms with E-state index in [4.69, 9.17) is 20.1 Å². The Bertz CT molecular complexity index is 1010. The maximum absolute atomic E-state index is 12.8. The molecule has 0 aliphatic heterocycles. The number of hydrogen-bond donors (Lipinski definition) is 2. The van der Waals surface area contributed by atoms with Crippen molar-refractivity contribution < 1.29 is 19.0 Å². The van der Waals surface area contributed by atoms with Crippen LogP contribution in [0.4, 0.5) is 0 Å². The van der Waals surface area contributed by atoms with Crippen LogP contribution in [0.2, 0.25) is 0 Å². The maximum atomic E-state index is 12.8. The van der Waals surface area contributed by atoms with Gasteiger partial charge >= 0.3 is 0 Å². The van der Waals surface area contributed by atoms with Gasteiger partial charge in [0.1, 0.15) is 0 Å². The highest BCUT2D eigenvalue weighted by Crippen LogP contribution is 2.40. The highest BCUT2D eigenvalue weighted by atomic mass is 16.5. The fourth-order valence-electron chi connectivity index (χ4n) is 8.58. The van der Waals surface area contributed by atoms with Crippen molar-refractivity contribution in [1.82, 2.24) is 5.43 Å². The molecule has 0 heterocycles. The van der Waals surface area contributed by atoms with E-state index in [1.807, 2.05) is 0 Å². The average Bonchev–Trinajstić information content (AvgIpc) is 3.27. The van der Waals surface area contributed by atoms with Crippen LogP contribution in [0, 0.1) is 0 Å². The second kappa shape index (κ2) is 46.1. The molecule has 358 valence electrons. The zero-order valence-electron chi connectivity index (χ0n) is 41.2. The molecule has 0 unspecified atom stereocenters. The van der Waals surface area contributed by atoms with Crippen LogP contribution >= 0.6 is 0 Å². The van der Waals surface area contributed by atoms with E-state index < -0.39 is 0 Å². The molecule has 0 saturated carbocycles. The van der Waals surface area contributed by atoms with Gasteiger partial charge in [-0.1, -0.05) is 271 Å².